The van der Waals surface area contributed by atoms with E-state index in [0.29, 0.717) is 11.1 Å². The Kier molecular flexibility index (Phi) is 4.92. The molecule has 1 fully saturated rings. The Morgan fingerprint density at radius 3 is 2.60 bits per heavy atom. The molecule has 0 heterocycles. The molecule has 2 unspecified atom stereocenters. The number of benzene rings is 1. The van der Waals surface area contributed by atoms with Gasteiger partial charge >= 0.3 is 0 Å². The number of hydrogen-bond donors (Lipinski definition) is 1. The molecule has 112 valence electrons. The lowest BCUT2D eigenvalue weighted by Gasteiger charge is -2.55. The van der Waals surface area contributed by atoms with Crippen LogP contribution in [0.1, 0.15) is 40.0 Å². The van der Waals surface area contributed by atoms with E-state index in [9.17, 15) is 4.39 Å². The van der Waals surface area contributed by atoms with Crippen molar-refractivity contribution in [1.29, 1.82) is 0 Å². The van der Waals surface area contributed by atoms with Crippen LogP contribution in [0, 0.1) is 11.2 Å². The number of hydrogen-bond acceptors (Lipinski definition) is 2. The summed E-state index contributed by atoms with van der Waals surface area (Å²) in [7, 11) is 0. The van der Waals surface area contributed by atoms with Crippen molar-refractivity contribution in [3.8, 4) is 5.75 Å². The average molecular weight is 300 g/mol. The van der Waals surface area contributed by atoms with Crippen LogP contribution in [0.3, 0.4) is 0 Å². The van der Waals surface area contributed by atoms with Crippen molar-refractivity contribution in [2.75, 3.05) is 6.54 Å². The SMILES string of the molecule is CCNC1CC(Oc2c(F)cccc2Cl)C1(CC)CC. The molecule has 0 radical (unpaired) electrons. The number of halogens is 2. The Hall–Kier alpha value is -0.800. The van der Waals surface area contributed by atoms with Crippen molar-refractivity contribution in [3.05, 3.63) is 29.0 Å². The molecule has 1 aliphatic carbocycles. The number of rotatable bonds is 6. The highest BCUT2D eigenvalue weighted by Crippen LogP contribution is 2.49. The molecule has 0 aliphatic heterocycles. The van der Waals surface area contributed by atoms with E-state index < -0.39 is 0 Å². The molecule has 2 rings (SSSR count). The minimum Gasteiger partial charge on any atom is -0.485 e. The molecule has 1 aromatic carbocycles. The van der Waals surface area contributed by atoms with Crippen molar-refractivity contribution in [2.45, 2.75) is 52.2 Å². The van der Waals surface area contributed by atoms with Gasteiger partial charge in [-0.2, -0.15) is 0 Å². The first-order valence-corrected chi connectivity index (χ1v) is 7.80. The van der Waals surface area contributed by atoms with Gasteiger partial charge in [-0.15, -0.1) is 0 Å². The lowest BCUT2D eigenvalue weighted by atomic mass is 9.58. The van der Waals surface area contributed by atoms with Crippen LogP contribution < -0.4 is 10.1 Å². The van der Waals surface area contributed by atoms with E-state index in [1.54, 1.807) is 12.1 Å². The maximum atomic E-state index is 13.9. The Labute approximate surface area is 125 Å². The molecular weight excluding hydrogens is 277 g/mol. The zero-order valence-corrected chi connectivity index (χ0v) is 13.1. The molecule has 0 aromatic heterocycles. The summed E-state index contributed by atoms with van der Waals surface area (Å²) in [6.45, 7) is 7.40. The fraction of sp³-hybridized carbons (Fsp3) is 0.625. The predicted molar refractivity (Wildman–Crippen MR) is 80.9 cm³/mol. The average Bonchev–Trinajstić information content (AvgIpc) is 2.42. The molecule has 0 amide bonds. The van der Waals surface area contributed by atoms with E-state index in [0.717, 1.165) is 25.8 Å². The van der Waals surface area contributed by atoms with Gasteiger partial charge in [-0.1, -0.05) is 38.4 Å². The first-order chi connectivity index (χ1) is 9.58. The van der Waals surface area contributed by atoms with Crippen molar-refractivity contribution in [3.63, 3.8) is 0 Å². The molecule has 2 nitrogen and oxygen atoms in total. The third-order valence-corrected chi connectivity index (χ3v) is 5.03. The van der Waals surface area contributed by atoms with Crippen LogP contribution in [0.15, 0.2) is 18.2 Å². The van der Waals surface area contributed by atoms with Crippen molar-refractivity contribution >= 4 is 11.6 Å². The third-order valence-electron chi connectivity index (χ3n) is 4.73. The fourth-order valence-corrected chi connectivity index (χ4v) is 3.59. The van der Waals surface area contributed by atoms with Gasteiger partial charge in [-0.25, -0.2) is 4.39 Å². The van der Waals surface area contributed by atoms with Crippen molar-refractivity contribution in [1.82, 2.24) is 5.32 Å². The van der Waals surface area contributed by atoms with E-state index in [-0.39, 0.29) is 23.1 Å². The molecule has 0 bridgehead atoms. The largest absolute Gasteiger partial charge is 0.485 e. The molecule has 0 saturated heterocycles. The second-order valence-corrected chi connectivity index (χ2v) is 5.85. The summed E-state index contributed by atoms with van der Waals surface area (Å²) >= 11 is 6.05. The summed E-state index contributed by atoms with van der Waals surface area (Å²) in [5.74, 6) is -0.189. The summed E-state index contributed by atoms with van der Waals surface area (Å²) in [4.78, 5) is 0. The van der Waals surface area contributed by atoms with E-state index in [2.05, 4.69) is 26.1 Å². The van der Waals surface area contributed by atoms with Gasteiger partial charge in [0.15, 0.2) is 11.6 Å². The minimum atomic E-state index is -0.384. The number of para-hydroxylation sites is 1. The van der Waals surface area contributed by atoms with E-state index in [1.165, 1.54) is 6.07 Å². The Morgan fingerprint density at radius 2 is 2.05 bits per heavy atom. The Balaban J connectivity index is 2.18. The third kappa shape index (κ3) is 2.53. The standard InChI is InChI=1S/C16H23ClFNO/c1-4-16(5-2)13(19-6-3)10-14(16)20-15-11(17)8-7-9-12(15)18/h7-9,13-14,19H,4-6,10H2,1-3H3. The molecule has 0 spiro atoms. The molecule has 20 heavy (non-hydrogen) atoms. The van der Waals surface area contributed by atoms with Crippen LogP contribution in [-0.4, -0.2) is 18.7 Å². The molecule has 1 saturated carbocycles. The summed E-state index contributed by atoms with van der Waals surface area (Å²) in [6.07, 6.45) is 2.95. The molecule has 1 aliphatic rings. The number of nitrogens with one attached hydrogen (secondary N) is 1. The van der Waals surface area contributed by atoms with Crippen LogP contribution in [0.25, 0.3) is 0 Å². The van der Waals surface area contributed by atoms with Crippen LogP contribution in [0.5, 0.6) is 5.75 Å². The van der Waals surface area contributed by atoms with Crippen LogP contribution in [-0.2, 0) is 0 Å². The quantitative estimate of drug-likeness (QED) is 0.840. The van der Waals surface area contributed by atoms with Gasteiger partial charge in [0.25, 0.3) is 0 Å². The second-order valence-electron chi connectivity index (χ2n) is 5.44. The summed E-state index contributed by atoms with van der Waals surface area (Å²) in [5, 5.41) is 3.86. The molecule has 1 N–H and O–H groups in total. The van der Waals surface area contributed by atoms with Gasteiger partial charge in [0.2, 0.25) is 0 Å². The first-order valence-electron chi connectivity index (χ1n) is 7.43. The Bertz CT molecular complexity index is 442. The molecule has 2 atom stereocenters. The zero-order valence-electron chi connectivity index (χ0n) is 12.4. The van der Waals surface area contributed by atoms with Crippen LogP contribution in [0.4, 0.5) is 4.39 Å². The maximum Gasteiger partial charge on any atom is 0.173 e. The normalized spacial score (nSPS) is 24.2. The fourth-order valence-electron chi connectivity index (χ4n) is 3.38. The summed E-state index contributed by atoms with van der Waals surface area (Å²) < 4.78 is 19.8. The lowest BCUT2D eigenvalue weighted by molar-refractivity contribution is -0.0867. The summed E-state index contributed by atoms with van der Waals surface area (Å²) in [5.41, 5.74) is 0.0711. The topological polar surface area (TPSA) is 21.3 Å². The van der Waals surface area contributed by atoms with Gasteiger partial charge in [0.1, 0.15) is 6.10 Å². The monoisotopic (exact) mass is 299 g/mol. The van der Waals surface area contributed by atoms with E-state index >= 15 is 0 Å². The van der Waals surface area contributed by atoms with Gasteiger partial charge in [-0.3, -0.25) is 0 Å². The maximum absolute atomic E-state index is 13.9. The highest BCUT2D eigenvalue weighted by molar-refractivity contribution is 6.32. The van der Waals surface area contributed by atoms with Crippen LogP contribution in [0.2, 0.25) is 5.02 Å². The van der Waals surface area contributed by atoms with Crippen LogP contribution >= 0.6 is 11.6 Å². The smallest absolute Gasteiger partial charge is 0.173 e. The molecule has 1 aromatic rings. The van der Waals surface area contributed by atoms with Gasteiger partial charge in [0.05, 0.1) is 5.02 Å². The van der Waals surface area contributed by atoms with E-state index in [4.69, 9.17) is 16.3 Å². The minimum absolute atomic E-state index is 0.0240. The molecule has 4 heteroatoms. The highest BCUT2D eigenvalue weighted by Gasteiger charge is 2.54. The van der Waals surface area contributed by atoms with Gasteiger partial charge < -0.3 is 10.1 Å². The number of ether oxygens (including phenoxy) is 1. The summed E-state index contributed by atoms with van der Waals surface area (Å²) in [6, 6.07) is 5.10. The Morgan fingerprint density at radius 1 is 1.35 bits per heavy atom. The van der Waals surface area contributed by atoms with E-state index in [1.807, 2.05) is 0 Å². The molecular formula is C16H23ClFNO. The predicted octanol–water partition coefficient (Wildman–Crippen LogP) is 4.41. The zero-order chi connectivity index (χ0) is 14.8. The van der Waals surface area contributed by atoms with Gasteiger partial charge in [0, 0.05) is 17.9 Å². The van der Waals surface area contributed by atoms with Crippen molar-refractivity contribution < 1.29 is 9.13 Å². The first kappa shape index (κ1) is 15.6. The van der Waals surface area contributed by atoms with Gasteiger partial charge in [-0.05, 0) is 31.5 Å². The lowest BCUT2D eigenvalue weighted by Crippen LogP contribution is -2.64. The highest BCUT2D eigenvalue weighted by atomic mass is 35.5. The second kappa shape index (κ2) is 6.31. The van der Waals surface area contributed by atoms with Crippen molar-refractivity contribution in [2.24, 2.45) is 5.41 Å².